The van der Waals surface area contributed by atoms with Crippen molar-refractivity contribution in [1.29, 1.82) is 0 Å². The van der Waals surface area contributed by atoms with Crippen LogP contribution in [-0.2, 0) is 6.42 Å². The van der Waals surface area contributed by atoms with Crippen molar-refractivity contribution in [3.8, 4) is 5.75 Å². The highest BCUT2D eigenvalue weighted by molar-refractivity contribution is 5.97. The number of hydrogen-bond donors (Lipinski definition) is 0. The summed E-state index contributed by atoms with van der Waals surface area (Å²) < 4.78 is 44.3. The van der Waals surface area contributed by atoms with Crippen LogP contribution in [-0.4, -0.2) is 12.9 Å². The van der Waals surface area contributed by atoms with Gasteiger partial charge in [-0.05, 0) is 35.9 Å². The number of methoxy groups -OCH3 is 1. The van der Waals surface area contributed by atoms with E-state index in [1.54, 1.807) is 0 Å². The predicted octanol–water partition coefficient (Wildman–Crippen LogP) is 3.54. The first-order chi connectivity index (χ1) is 9.49. The van der Waals surface area contributed by atoms with Gasteiger partial charge in [-0.3, -0.25) is 4.79 Å². The first kappa shape index (κ1) is 14.1. The molecule has 2 nitrogen and oxygen atoms in total. The van der Waals surface area contributed by atoms with Crippen molar-refractivity contribution in [2.45, 2.75) is 6.42 Å². The second kappa shape index (κ2) is 5.77. The SMILES string of the molecule is COc1ccc(C(=O)Cc2cc(F)cc(F)c2)cc1F. The van der Waals surface area contributed by atoms with Gasteiger partial charge in [0, 0.05) is 18.1 Å². The van der Waals surface area contributed by atoms with Crippen molar-refractivity contribution in [1.82, 2.24) is 0 Å². The van der Waals surface area contributed by atoms with Crippen LogP contribution in [0.2, 0.25) is 0 Å². The maximum Gasteiger partial charge on any atom is 0.167 e. The lowest BCUT2D eigenvalue weighted by molar-refractivity contribution is 0.0992. The first-order valence-corrected chi connectivity index (χ1v) is 5.81. The lowest BCUT2D eigenvalue weighted by atomic mass is 10.0. The van der Waals surface area contributed by atoms with Crippen LogP contribution in [0.25, 0.3) is 0 Å². The number of ether oxygens (including phenoxy) is 1. The van der Waals surface area contributed by atoms with Gasteiger partial charge in [0.25, 0.3) is 0 Å². The zero-order valence-corrected chi connectivity index (χ0v) is 10.6. The Morgan fingerprint density at radius 3 is 2.25 bits per heavy atom. The zero-order valence-electron chi connectivity index (χ0n) is 10.6. The normalized spacial score (nSPS) is 10.4. The molecule has 0 aliphatic rings. The fraction of sp³-hybridized carbons (Fsp3) is 0.133. The Morgan fingerprint density at radius 1 is 1.05 bits per heavy atom. The summed E-state index contributed by atoms with van der Waals surface area (Å²) in [5, 5.41) is 0. The zero-order chi connectivity index (χ0) is 14.7. The van der Waals surface area contributed by atoms with Gasteiger partial charge >= 0.3 is 0 Å². The second-order valence-electron chi connectivity index (χ2n) is 4.23. The van der Waals surface area contributed by atoms with E-state index in [0.717, 1.165) is 24.3 Å². The molecule has 0 atom stereocenters. The standard InChI is InChI=1S/C15H11F3O2/c1-20-15-3-2-10(7-13(15)18)14(19)6-9-4-11(16)8-12(17)5-9/h2-5,7-8H,6H2,1H3. The maximum atomic E-state index is 13.5. The average molecular weight is 280 g/mol. The molecule has 0 spiro atoms. The van der Waals surface area contributed by atoms with Crippen molar-refractivity contribution in [3.63, 3.8) is 0 Å². The molecular formula is C15H11F3O2. The summed E-state index contributed by atoms with van der Waals surface area (Å²) in [6.07, 6.45) is -0.208. The average Bonchev–Trinajstić information content (AvgIpc) is 2.37. The second-order valence-corrected chi connectivity index (χ2v) is 4.23. The van der Waals surface area contributed by atoms with E-state index >= 15 is 0 Å². The highest BCUT2D eigenvalue weighted by Crippen LogP contribution is 2.19. The fourth-order valence-electron chi connectivity index (χ4n) is 1.84. The molecule has 5 heteroatoms. The third kappa shape index (κ3) is 3.17. The summed E-state index contributed by atoms with van der Waals surface area (Å²) in [6, 6.07) is 6.63. The third-order valence-electron chi connectivity index (χ3n) is 2.76. The molecule has 0 aliphatic heterocycles. The van der Waals surface area contributed by atoms with Gasteiger partial charge in [0.2, 0.25) is 0 Å². The molecule has 0 aliphatic carbocycles. The van der Waals surface area contributed by atoms with Crippen LogP contribution >= 0.6 is 0 Å². The predicted molar refractivity (Wildman–Crippen MR) is 67.3 cm³/mol. The number of Topliss-reactive ketones (excluding diaryl/α,β-unsaturated/α-hetero) is 1. The van der Waals surface area contributed by atoms with Crippen molar-refractivity contribution in [2.24, 2.45) is 0 Å². The van der Waals surface area contributed by atoms with Crippen molar-refractivity contribution >= 4 is 5.78 Å². The van der Waals surface area contributed by atoms with Gasteiger partial charge in [-0.15, -0.1) is 0 Å². The van der Waals surface area contributed by atoms with E-state index in [1.165, 1.54) is 19.2 Å². The smallest absolute Gasteiger partial charge is 0.167 e. The van der Waals surface area contributed by atoms with Gasteiger partial charge in [-0.1, -0.05) is 0 Å². The summed E-state index contributed by atoms with van der Waals surface area (Å²) in [5.74, 6) is -2.58. The number of hydrogen-bond acceptors (Lipinski definition) is 2. The number of benzene rings is 2. The number of rotatable bonds is 4. The van der Waals surface area contributed by atoms with Gasteiger partial charge in [-0.25, -0.2) is 13.2 Å². The first-order valence-electron chi connectivity index (χ1n) is 5.81. The van der Waals surface area contributed by atoms with Gasteiger partial charge in [0.05, 0.1) is 7.11 Å². The topological polar surface area (TPSA) is 26.3 Å². The van der Waals surface area contributed by atoms with Gasteiger partial charge in [0.1, 0.15) is 11.6 Å². The summed E-state index contributed by atoms with van der Waals surface area (Å²) in [6.45, 7) is 0. The number of carbonyl (C=O) groups excluding carboxylic acids is 1. The molecule has 0 fully saturated rings. The highest BCUT2D eigenvalue weighted by atomic mass is 19.1. The van der Waals surface area contributed by atoms with Gasteiger partial charge in [0.15, 0.2) is 17.3 Å². The highest BCUT2D eigenvalue weighted by Gasteiger charge is 2.12. The van der Waals surface area contributed by atoms with E-state index in [2.05, 4.69) is 0 Å². The Labute approximate surface area is 113 Å². The van der Waals surface area contributed by atoms with E-state index in [0.29, 0.717) is 0 Å². The molecule has 0 bridgehead atoms. The largest absolute Gasteiger partial charge is 0.494 e. The maximum absolute atomic E-state index is 13.5. The molecule has 2 aromatic rings. The summed E-state index contributed by atoms with van der Waals surface area (Å²) in [5.41, 5.74) is 0.316. The van der Waals surface area contributed by atoms with Crippen LogP contribution in [0.4, 0.5) is 13.2 Å². The van der Waals surface area contributed by atoms with Crippen molar-refractivity contribution in [3.05, 3.63) is 65.0 Å². The lowest BCUT2D eigenvalue weighted by Crippen LogP contribution is -2.05. The van der Waals surface area contributed by atoms with E-state index in [4.69, 9.17) is 4.74 Å². The van der Waals surface area contributed by atoms with E-state index < -0.39 is 23.2 Å². The van der Waals surface area contributed by atoms with E-state index in [-0.39, 0.29) is 23.3 Å². The van der Waals surface area contributed by atoms with Gasteiger partial charge in [-0.2, -0.15) is 0 Å². The minimum atomic E-state index is -0.756. The molecule has 0 unspecified atom stereocenters. The molecule has 20 heavy (non-hydrogen) atoms. The summed E-state index contributed by atoms with van der Waals surface area (Å²) in [7, 11) is 1.31. The summed E-state index contributed by atoms with van der Waals surface area (Å²) in [4.78, 5) is 11.9. The number of halogens is 3. The molecule has 2 rings (SSSR count). The Kier molecular flexibility index (Phi) is 4.08. The molecule has 0 radical (unpaired) electrons. The Morgan fingerprint density at radius 2 is 1.70 bits per heavy atom. The minimum absolute atomic E-state index is 0.0263. The third-order valence-corrected chi connectivity index (χ3v) is 2.76. The van der Waals surface area contributed by atoms with Gasteiger partial charge < -0.3 is 4.74 Å². The Hall–Kier alpha value is -2.30. The monoisotopic (exact) mass is 280 g/mol. The quantitative estimate of drug-likeness (QED) is 0.801. The number of ketones is 1. The molecule has 0 amide bonds. The minimum Gasteiger partial charge on any atom is -0.494 e. The summed E-state index contributed by atoms with van der Waals surface area (Å²) >= 11 is 0. The molecule has 0 saturated carbocycles. The van der Waals surface area contributed by atoms with Crippen molar-refractivity contribution < 1.29 is 22.7 Å². The molecule has 0 aromatic heterocycles. The van der Waals surface area contributed by atoms with Crippen LogP contribution in [0.1, 0.15) is 15.9 Å². The molecular weight excluding hydrogens is 269 g/mol. The van der Waals surface area contributed by atoms with E-state index in [9.17, 15) is 18.0 Å². The van der Waals surface area contributed by atoms with E-state index in [1.807, 2.05) is 0 Å². The fourth-order valence-corrected chi connectivity index (χ4v) is 1.84. The van der Waals surface area contributed by atoms with Crippen LogP contribution in [0, 0.1) is 17.5 Å². The Balaban J connectivity index is 2.21. The van der Waals surface area contributed by atoms with Crippen molar-refractivity contribution in [2.75, 3.05) is 7.11 Å². The molecule has 0 heterocycles. The molecule has 104 valence electrons. The molecule has 0 saturated heterocycles. The van der Waals surface area contributed by atoms with Crippen LogP contribution in [0.5, 0.6) is 5.75 Å². The Bertz CT molecular complexity index is 633. The van der Waals surface area contributed by atoms with Crippen LogP contribution in [0.3, 0.4) is 0 Å². The van der Waals surface area contributed by atoms with Crippen LogP contribution < -0.4 is 4.74 Å². The van der Waals surface area contributed by atoms with Crippen LogP contribution in [0.15, 0.2) is 36.4 Å². The lowest BCUT2D eigenvalue weighted by Gasteiger charge is -2.05. The molecule has 2 aromatic carbocycles. The number of carbonyl (C=O) groups is 1. The molecule has 0 N–H and O–H groups in total.